The van der Waals surface area contributed by atoms with Gasteiger partial charge in [0.2, 0.25) is 0 Å². The van der Waals surface area contributed by atoms with E-state index in [9.17, 15) is 0 Å². The smallest absolute Gasteiger partial charge is 0.0593 e. The molecule has 3 heteroatoms. The van der Waals surface area contributed by atoms with Crippen molar-refractivity contribution in [1.82, 2.24) is 10.2 Å². The second-order valence-corrected chi connectivity index (χ2v) is 5.07. The number of likely N-dealkylation sites (tertiary alicyclic amines) is 1. The minimum absolute atomic E-state index is 0.759. The third-order valence-corrected chi connectivity index (χ3v) is 3.70. The molecule has 1 aliphatic heterocycles. The zero-order valence-electron chi connectivity index (χ0n) is 10.6. The molecule has 94 valence electrons. The zero-order chi connectivity index (χ0) is 11.2. The minimum atomic E-state index is 0.759. The molecule has 2 rings (SSSR count). The number of nitrogens with one attached hydrogen (secondary N) is 1. The number of hydrogen-bond acceptors (Lipinski definition) is 3. The minimum Gasteiger partial charge on any atom is -0.380 e. The fourth-order valence-electron chi connectivity index (χ4n) is 2.50. The van der Waals surface area contributed by atoms with Gasteiger partial charge in [0, 0.05) is 31.8 Å². The van der Waals surface area contributed by atoms with Crippen LogP contribution in [0.2, 0.25) is 0 Å². The van der Waals surface area contributed by atoms with Gasteiger partial charge >= 0.3 is 0 Å². The summed E-state index contributed by atoms with van der Waals surface area (Å²) >= 11 is 0. The van der Waals surface area contributed by atoms with Crippen molar-refractivity contribution in [2.24, 2.45) is 0 Å². The van der Waals surface area contributed by atoms with Crippen LogP contribution >= 0.6 is 0 Å². The highest BCUT2D eigenvalue weighted by molar-refractivity contribution is 4.85. The number of nitrogens with zero attached hydrogens (tertiary/aromatic N) is 1. The van der Waals surface area contributed by atoms with Gasteiger partial charge in [-0.3, -0.25) is 4.90 Å². The van der Waals surface area contributed by atoms with Crippen LogP contribution in [0.3, 0.4) is 0 Å². The molecule has 0 aromatic carbocycles. The molecule has 2 aliphatic rings. The molecule has 0 aromatic rings. The fraction of sp³-hybridized carbons (Fsp3) is 1.00. The summed E-state index contributed by atoms with van der Waals surface area (Å²) in [4.78, 5) is 2.62. The molecule has 0 amide bonds. The molecule has 0 radical (unpaired) electrons. The molecule has 1 unspecified atom stereocenters. The molecule has 1 N–H and O–H groups in total. The number of piperidine rings is 1. The van der Waals surface area contributed by atoms with E-state index < -0.39 is 0 Å². The molecule has 0 aromatic heterocycles. The van der Waals surface area contributed by atoms with E-state index in [1.165, 1.54) is 45.2 Å². The van der Waals surface area contributed by atoms with Crippen molar-refractivity contribution in [1.29, 1.82) is 0 Å². The maximum Gasteiger partial charge on any atom is 0.0593 e. The van der Waals surface area contributed by atoms with Gasteiger partial charge in [-0.15, -0.1) is 0 Å². The maximum absolute atomic E-state index is 5.46. The lowest BCUT2D eigenvalue weighted by molar-refractivity contribution is 0.0769. The van der Waals surface area contributed by atoms with Crippen LogP contribution < -0.4 is 5.32 Å². The lowest BCUT2D eigenvalue weighted by atomic mass is 10.0. The van der Waals surface area contributed by atoms with E-state index in [4.69, 9.17) is 4.74 Å². The summed E-state index contributed by atoms with van der Waals surface area (Å²) in [6.45, 7) is 7.39. The summed E-state index contributed by atoms with van der Waals surface area (Å²) in [6, 6.07) is 1.60. The standard InChI is InChI=1S/C13H26N2O/c1-2-16-10-9-15-8-4-3-5-13(15)11-14-12-6-7-12/h12-14H,2-11H2,1H3. The summed E-state index contributed by atoms with van der Waals surface area (Å²) in [5, 5.41) is 3.66. The molecule has 1 saturated heterocycles. The van der Waals surface area contributed by atoms with Gasteiger partial charge in [0.15, 0.2) is 0 Å². The van der Waals surface area contributed by atoms with E-state index in [0.717, 1.165) is 31.8 Å². The lowest BCUT2D eigenvalue weighted by Gasteiger charge is -2.35. The van der Waals surface area contributed by atoms with Crippen molar-refractivity contribution in [3.05, 3.63) is 0 Å². The van der Waals surface area contributed by atoms with Crippen molar-refractivity contribution in [2.75, 3.05) is 32.8 Å². The lowest BCUT2D eigenvalue weighted by Crippen LogP contribution is -2.47. The predicted octanol–water partition coefficient (Wildman–Crippen LogP) is 1.63. The molecule has 16 heavy (non-hydrogen) atoms. The number of hydrogen-bond donors (Lipinski definition) is 1. The van der Waals surface area contributed by atoms with Crippen LogP contribution in [-0.2, 0) is 4.74 Å². The van der Waals surface area contributed by atoms with Crippen LogP contribution in [0.15, 0.2) is 0 Å². The highest BCUT2D eigenvalue weighted by atomic mass is 16.5. The second-order valence-electron chi connectivity index (χ2n) is 5.07. The summed E-state index contributed by atoms with van der Waals surface area (Å²) < 4.78 is 5.46. The number of rotatable bonds is 7. The zero-order valence-corrected chi connectivity index (χ0v) is 10.6. The third-order valence-electron chi connectivity index (χ3n) is 3.70. The Bertz CT molecular complexity index is 194. The first kappa shape index (κ1) is 12.3. The summed E-state index contributed by atoms with van der Waals surface area (Å²) in [6.07, 6.45) is 6.93. The predicted molar refractivity (Wildman–Crippen MR) is 66.7 cm³/mol. The van der Waals surface area contributed by atoms with E-state index in [1.807, 2.05) is 0 Å². The summed E-state index contributed by atoms with van der Waals surface area (Å²) in [7, 11) is 0. The van der Waals surface area contributed by atoms with Gasteiger partial charge in [0.25, 0.3) is 0 Å². The van der Waals surface area contributed by atoms with Crippen LogP contribution in [-0.4, -0.2) is 49.8 Å². The maximum atomic E-state index is 5.46. The van der Waals surface area contributed by atoms with Gasteiger partial charge in [-0.05, 0) is 39.2 Å². The molecule has 2 fully saturated rings. The molecule has 0 bridgehead atoms. The van der Waals surface area contributed by atoms with E-state index in [1.54, 1.807) is 0 Å². The highest BCUT2D eigenvalue weighted by Crippen LogP contribution is 2.21. The van der Waals surface area contributed by atoms with Gasteiger partial charge < -0.3 is 10.1 Å². The van der Waals surface area contributed by atoms with E-state index in [0.29, 0.717) is 0 Å². The van der Waals surface area contributed by atoms with Gasteiger partial charge in [-0.25, -0.2) is 0 Å². The highest BCUT2D eigenvalue weighted by Gasteiger charge is 2.25. The Hall–Kier alpha value is -0.120. The van der Waals surface area contributed by atoms with Crippen molar-refractivity contribution in [3.63, 3.8) is 0 Å². The Morgan fingerprint density at radius 3 is 2.88 bits per heavy atom. The molecule has 1 aliphatic carbocycles. The average molecular weight is 226 g/mol. The van der Waals surface area contributed by atoms with Crippen LogP contribution in [0, 0.1) is 0 Å². The van der Waals surface area contributed by atoms with Crippen LogP contribution in [0.5, 0.6) is 0 Å². The van der Waals surface area contributed by atoms with Crippen LogP contribution in [0.1, 0.15) is 39.0 Å². The molecule has 1 heterocycles. The first-order valence-electron chi connectivity index (χ1n) is 6.95. The topological polar surface area (TPSA) is 24.5 Å². The Labute approximate surface area is 99.5 Å². The monoisotopic (exact) mass is 226 g/mol. The number of ether oxygens (including phenoxy) is 1. The summed E-state index contributed by atoms with van der Waals surface area (Å²) in [5.74, 6) is 0. The van der Waals surface area contributed by atoms with Crippen LogP contribution in [0.25, 0.3) is 0 Å². The normalized spacial score (nSPS) is 27.2. The fourth-order valence-corrected chi connectivity index (χ4v) is 2.50. The average Bonchev–Trinajstić information content (AvgIpc) is 3.12. The van der Waals surface area contributed by atoms with E-state index in [-0.39, 0.29) is 0 Å². The van der Waals surface area contributed by atoms with Crippen molar-refractivity contribution in [2.45, 2.75) is 51.1 Å². The molecule has 0 spiro atoms. The molecule has 1 saturated carbocycles. The molecular weight excluding hydrogens is 200 g/mol. The Morgan fingerprint density at radius 1 is 1.25 bits per heavy atom. The van der Waals surface area contributed by atoms with E-state index in [2.05, 4.69) is 17.1 Å². The third kappa shape index (κ3) is 4.04. The molecular formula is C13H26N2O. The van der Waals surface area contributed by atoms with Crippen molar-refractivity contribution >= 4 is 0 Å². The second kappa shape index (κ2) is 6.58. The first-order valence-corrected chi connectivity index (χ1v) is 6.95. The van der Waals surface area contributed by atoms with Crippen LogP contribution in [0.4, 0.5) is 0 Å². The molecule has 1 atom stereocenters. The van der Waals surface area contributed by atoms with Crippen molar-refractivity contribution in [3.8, 4) is 0 Å². The first-order chi connectivity index (χ1) is 7.90. The van der Waals surface area contributed by atoms with E-state index >= 15 is 0 Å². The van der Waals surface area contributed by atoms with Gasteiger partial charge in [0.1, 0.15) is 0 Å². The van der Waals surface area contributed by atoms with Gasteiger partial charge in [-0.2, -0.15) is 0 Å². The largest absolute Gasteiger partial charge is 0.380 e. The Morgan fingerprint density at radius 2 is 2.12 bits per heavy atom. The van der Waals surface area contributed by atoms with Crippen molar-refractivity contribution < 1.29 is 4.74 Å². The summed E-state index contributed by atoms with van der Waals surface area (Å²) in [5.41, 5.74) is 0. The quantitative estimate of drug-likeness (QED) is 0.668. The Balaban J connectivity index is 1.67. The van der Waals surface area contributed by atoms with Gasteiger partial charge in [-0.1, -0.05) is 6.42 Å². The molecule has 3 nitrogen and oxygen atoms in total. The van der Waals surface area contributed by atoms with Gasteiger partial charge in [0.05, 0.1) is 6.61 Å². The SMILES string of the molecule is CCOCCN1CCCCC1CNC1CC1. The Kier molecular flexibility index (Phi) is 5.07.